The molecule has 2 rings (SSSR count). The maximum atomic E-state index is 6.26. The van der Waals surface area contributed by atoms with Crippen LogP contribution >= 0.6 is 11.6 Å². The lowest BCUT2D eigenvalue weighted by Crippen LogP contribution is -2.42. The van der Waals surface area contributed by atoms with Crippen LogP contribution in [0.3, 0.4) is 0 Å². The third-order valence-electron chi connectivity index (χ3n) is 4.26. The molecule has 0 spiro atoms. The third kappa shape index (κ3) is 4.56. The Balaban J connectivity index is 2.03. The van der Waals surface area contributed by atoms with Crippen LogP contribution < -0.4 is 10.2 Å². The van der Waals surface area contributed by atoms with Gasteiger partial charge in [0, 0.05) is 25.8 Å². The van der Waals surface area contributed by atoms with Gasteiger partial charge in [-0.3, -0.25) is 0 Å². The summed E-state index contributed by atoms with van der Waals surface area (Å²) in [6.07, 6.45) is 5.30. The van der Waals surface area contributed by atoms with Crippen LogP contribution in [0, 0.1) is 0 Å². The number of nitrogens with one attached hydrogen (secondary N) is 1. The molecular weight excluding hydrogens is 284 g/mol. The van der Waals surface area contributed by atoms with Crippen LogP contribution in [0.25, 0.3) is 0 Å². The summed E-state index contributed by atoms with van der Waals surface area (Å²) >= 11 is 6.26. The number of hydrogen-bond acceptors (Lipinski definition) is 4. The Morgan fingerprint density at radius 2 is 2.14 bits per heavy atom. The molecule has 4 nitrogen and oxygen atoms in total. The lowest BCUT2D eigenvalue weighted by molar-refractivity contribution is 0.252. The zero-order chi connectivity index (χ0) is 15.2. The Kier molecular flexibility index (Phi) is 6.27. The van der Waals surface area contributed by atoms with Gasteiger partial charge in [0.15, 0.2) is 0 Å². The topological polar surface area (TPSA) is 31.4 Å². The molecule has 118 valence electrons. The number of hydrogen-bond donors (Lipinski definition) is 1. The normalized spacial score (nSPS) is 17.1. The smallest absolute Gasteiger partial charge is 0.128 e. The van der Waals surface area contributed by atoms with Crippen LogP contribution in [-0.2, 0) is 6.54 Å². The summed E-state index contributed by atoms with van der Waals surface area (Å²) in [4.78, 5) is 9.21. The van der Waals surface area contributed by atoms with E-state index in [9.17, 15) is 0 Å². The van der Waals surface area contributed by atoms with Crippen molar-refractivity contribution in [2.45, 2.75) is 38.8 Å². The van der Waals surface area contributed by atoms with Gasteiger partial charge in [0.05, 0.1) is 5.02 Å². The van der Waals surface area contributed by atoms with Gasteiger partial charge < -0.3 is 15.1 Å². The number of pyridine rings is 1. The SMILES string of the molecule is CCCNCc1cc(N(C)C2CCN(C)CC2)ncc1Cl. The first kappa shape index (κ1) is 16.5. The van der Waals surface area contributed by atoms with Gasteiger partial charge in [0.25, 0.3) is 0 Å². The van der Waals surface area contributed by atoms with Gasteiger partial charge in [-0.1, -0.05) is 18.5 Å². The Morgan fingerprint density at radius 1 is 1.43 bits per heavy atom. The maximum absolute atomic E-state index is 6.26. The number of aromatic nitrogens is 1. The first-order valence-corrected chi connectivity index (χ1v) is 8.26. The Morgan fingerprint density at radius 3 is 2.81 bits per heavy atom. The number of piperidine rings is 1. The largest absolute Gasteiger partial charge is 0.357 e. The van der Waals surface area contributed by atoms with E-state index >= 15 is 0 Å². The number of nitrogens with zero attached hydrogens (tertiary/aromatic N) is 3. The van der Waals surface area contributed by atoms with Crippen LogP contribution in [0.15, 0.2) is 12.3 Å². The van der Waals surface area contributed by atoms with Gasteiger partial charge in [-0.2, -0.15) is 0 Å². The van der Waals surface area contributed by atoms with E-state index in [1.807, 2.05) is 0 Å². The lowest BCUT2D eigenvalue weighted by Gasteiger charge is -2.35. The summed E-state index contributed by atoms with van der Waals surface area (Å²) in [7, 11) is 4.34. The first-order chi connectivity index (χ1) is 10.1. The Bertz CT molecular complexity index is 444. The minimum Gasteiger partial charge on any atom is -0.357 e. The van der Waals surface area contributed by atoms with Crippen LogP contribution in [-0.4, -0.2) is 49.7 Å². The van der Waals surface area contributed by atoms with Crippen molar-refractivity contribution in [2.24, 2.45) is 0 Å². The first-order valence-electron chi connectivity index (χ1n) is 7.88. The highest BCUT2D eigenvalue weighted by atomic mass is 35.5. The molecule has 0 radical (unpaired) electrons. The minimum atomic E-state index is 0.575. The van der Waals surface area contributed by atoms with Crippen molar-refractivity contribution in [1.82, 2.24) is 15.2 Å². The molecule has 0 amide bonds. The summed E-state index contributed by atoms with van der Waals surface area (Å²) in [6.45, 7) is 6.31. The average molecular weight is 311 g/mol. The van der Waals surface area contributed by atoms with Crippen LogP contribution in [0.2, 0.25) is 5.02 Å². The fraction of sp³-hybridized carbons (Fsp3) is 0.688. The second-order valence-corrected chi connectivity index (χ2v) is 6.36. The molecule has 0 aromatic carbocycles. The average Bonchev–Trinajstić information content (AvgIpc) is 2.49. The monoisotopic (exact) mass is 310 g/mol. The molecule has 21 heavy (non-hydrogen) atoms. The van der Waals surface area contributed by atoms with Gasteiger partial charge in [-0.15, -0.1) is 0 Å². The van der Waals surface area contributed by atoms with E-state index < -0.39 is 0 Å². The van der Waals surface area contributed by atoms with Gasteiger partial charge in [-0.25, -0.2) is 4.98 Å². The molecule has 2 heterocycles. The quantitative estimate of drug-likeness (QED) is 0.819. The van der Waals surface area contributed by atoms with Gasteiger partial charge in [0.1, 0.15) is 5.82 Å². The van der Waals surface area contributed by atoms with E-state index in [4.69, 9.17) is 11.6 Å². The molecule has 1 aromatic rings. The van der Waals surface area contributed by atoms with Gasteiger partial charge in [0.2, 0.25) is 0 Å². The molecule has 0 unspecified atom stereocenters. The van der Waals surface area contributed by atoms with E-state index in [1.165, 1.54) is 12.8 Å². The fourth-order valence-corrected chi connectivity index (χ4v) is 2.94. The van der Waals surface area contributed by atoms with E-state index in [0.29, 0.717) is 6.04 Å². The van der Waals surface area contributed by atoms with Gasteiger partial charge in [-0.05, 0) is 57.6 Å². The zero-order valence-electron chi connectivity index (χ0n) is 13.4. The third-order valence-corrected chi connectivity index (χ3v) is 4.60. The maximum Gasteiger partial charge on any atom is 0.128 e. The van der Waals surface area contributed by atoms with Crippen molar-refractivity contribution < 1.29 is 0 Å². The van der Waals surface area contributed by atoms with Crippen LogP contribution in [0.1, 0.15) is 31.7 Å². The highest BCUT2D eigenvalue weighted by Gasteiger charge is 2.21. The van der Waals surface area contributed by atoms with Crippen molar-refractivity contribution in [2.75, 3.05) is 38.6 Å². The van der Waals surface area contributed by atoms with E-state index in [0.717, 1.165) is 49.0 Å². The van der Waals surface area contributed by atoms with Crippen LogP contribution in [0.4, 0.5) is 5.82 Å². The van der Waals surface area contributed by atoms with Crippen LogP contribution in [0.5, 0.6) is 0 Å². The lowest BCUT2D eigenvalue weighted by atomic mass is 10.0. The summed E-state index contributed by atoms with van der Waals surface area (Å²) in [5, 5.41) is 4.16. The molecular formula is C16H27ClN4. The molecule has 5 heteroatoms. The minimum absolute atomic E-state index is 0.575. The number of likely N-dealkylation sites (tertiary alicyclic amines) is 1. The zero-order valence-corrected chi connectivity index (χ0v) is 14.2. The molecule has 0 atom stereocenters. The van der Waals surface area contributed by atoms with E-state index in [1.54, 1.807) is 6.20 Å². The van der Waals surface area contributed by atoms with E-state index in [2.05, 4.69) is 47.2 Å². The van der Waals surface area contributed by atoms with Crippen molar-refractivity contribution in [3.63, 3.8) is 0 Å². The predicted octanol–water partition coefficient (Wildman–Crippen LogP) is 2.77. The molecule has 1 fully saturated rings. The second kappa shape index (κ2) is 7.97. The Labute approximate surface area is 133 Å². The Hall–Kier alpha value is -0.840. The predicted molar refractivity (Wildman–Crippen MR) is 90.2 cm³/mol. The number of rotatable bonds is 6. The second-order valence-electron chi connectivity index (χ2n) is 5.96. The fourth-order valence-electron chi connectivity index (χ4n) is 2.77. The molecule has 1 aliphatic heterocycles. The molecule has 1 aromatic heterocycles. The summed E-state index contributed by atoms with van der Waals surface area (Å²) in [6, 6.07) is 2.70. The molecule has 0 saturated carbocycles. The highest BCUT2D eigenvalue weighted by Crippen LogP contribution is 2.24. The van der Waals surface area contributed by atoms with Crippen molar-refractivity contribution in [1.29, 1.82) is 0 Å². The number of anilines is 1. The highest BCUT2D eigenvalue weighted by molar-refractivity contribution is 6.31. The molecule has 1 aliphatic rings. The van der Waals surface area contributed by atoms with Crippen molar-refractivity contribution in [3.8, 4) is 0 Å². The van der Waals surface area contributed by atoms with Gasteiger partial charge >= 0.3 is 0 Å². The number of halogens is 1. The van der Waals surface area contributed by atoms with E-state index in [-0.39, 0.29) is 0 Å². The molecule has 0 bridgehead atoms. The summed E-state index contributed by atoms with van der Waals surface area (Å²) < 4.78 is 0. The summed E-state index contributed by atoms with van der Waals surface area (Å²) in [5.74, 6) is 1.03. The molecule has 1 N–H and O–H groups in total. The molecule has 1 saturated heterocycles. The standard InChI is InChI=1S/C16H27ClN4/c1-4-7-18-11-13-10-16(19-12-15(13)17)21(3)14-5-8-20(2)9-6-14/h10,12,14,18H,4-9,11H2,1-3H3. The summed E-state index contributed by atoms with van der Waals surface area (Å²) in [5.41, 5.74) is 1.13. The molecule has 0 aliphatic carbocycles. The van der Waals surface area contributed by atoms with Crippen molar-refractivity contribution >= 4 is 17.4 Å². The van der Waals surface area contributed by atoms with Crippen molar-refractivity contribution in [3.05, 3.63) is 22.8 Å².